The normalized spacial score (nSPS) is 45.8. The van der Waals surface area contributed by atoms with Crippen LogP contribution in [0.15, 0.2) is 0 Å². The van der Waals surface area contributed by atoms with E-state index in [0.717, 1.165) is 11.8 Å². The molecule has 3 saturated heterocycles. The third-order valence-corrected chi connectivity index (χ3v) is 3.62. The molecular weight excluding hydrogens is 158 g/mol. The van der Waals surface area contributed by atoms with Crippen molar-refractivity contribution in [3.05, 3.63) is 0 Å². The number of halogens is 1. The largest absolute Gasteiger partial charge is 0.303 e. The Bertz CT molecular complexity index is 138. The summed E-state index contributed by atoms with van der Waals surface area (Å²) in [6.07, 6.45) is 2.78. The predicted octanol–water partition coefficient (Wildman–Crippen LogP) is 1.96. The molecule has 2 heteroatoms. The van der Waals surface area contributed by atoms with Crippen LogP contribution >= 0.6 is 11.6 Å². The van der Waals surface area contributed by atoms with E-state index < -0.39 is 0 Å². The molecule has 0 N–H and O–H groups in total. The van der Waals surface area contributed by atoms with Crippen LogP contribution in [0.1, 0.15) is 19.8 Å². The zero-order chi connectivity index (χ0) is 7.84. The highest BCUT2D eigenvalue weighted by Gasteiger charge is 2.36. The monoisotopic (exact) mass is 173 g/mol. The summed E-state index contributed by atoms with van der Waals surface area (Å²) in [6.45, 7) is 6.05. The smallest absolute Gasteiger partial charge is 0.0350 e. The number of hydrogen-bond acceptors (Lipinski definition) is 1. The van der Waals surface area contributed by atoms with E-state index in [4.69, 9.17) is 11.6 Å². The van der Waals surface area contributed by atoms with Gasteiger partial charge in [-0.25, -0.2) is 0 Å². The van der Waals surface area contributed by atoms with E-state index in [9.17, 15) is 0 Å². The molecule has 0 aromatic heterocycles. The summed E-state index contributed by atoms with van der Waals surface area (Å²) in [6, 6.07) is 0. The first-order valence-corrected chi connectivity index (χ1v) is 5.07. The number of nitrogens with zero attached hydrogens (tertiary/aromatic N) is 1. The lowest BCUT2D eigenvalue weighted by Gasteiger charge is -2.45. The first kappa shape index (κ1) is 7.88. The van der Waals surface area contributed by atoms with E-state index >= 15 is 0 Å². The van der Waals surface area contributed by atoms with E-state index in [-0.39, 0.29) is 0 Å². The SMILES string of the molecule is CC(Cl)C1CN2CCC1CC2. The third-order valence-electron chi connectivity index (χ3n) is 3.30. The molecule has 0 aromatic carbocycles. The summed E-state index contributed by atoms with van der Waals surface area (Å²) >= 11 is 6.12. The van der Waals surface area contributed by atoms with Crippen molar-refractivity contribution in [2.45, 2.75) is 25.1 Å². The number of hydrogen-bond donors (Lipinski definition) is 0. The highest BCUT2D eigenvalue weighted by atomic mass is 35.5. The lowest BCUT2D eigenvalue weighted by atomic mass is 9.78. The van der Waals surface area contributed by atoms with Gasteiger partial charge in [-0.1, -0.05) is 0 Å². The van der Waals surface area contributed by atoms with Gasteiger partial charge in [-0.3, -0.25) is 0 Å². The summed E-state index contributed by atoms with van der Waals surface area (Å²) in [5.74, 6) is 1.71. The van der Waals surface area contributed by atoms with E-state index in [0.29, 0.717) is 5.38 Å². The van der Waals surface area contributed by atoms with Crippen molar-refractivity contribution in [2.24, 2.45) is 11.8 Å². The summed E-state index contributed by atoms with van der Waals surface area (Å²) in [7, 11) is 0. The van der Waals surface area contributed by atoms with Gasteiger partial charge in [0.25, 0.3) is 0 Å². The highest BCUT2D eigenvalue weighted by Crippen LogP contribution is 2.35. The van der Waals surface area contributed by atoms with Crippen LogP contribution in [-0.4, -0.2) is 29.9 Å². The molecular formula is C9H16ClN. The summed E-state index contributed by atoms with van der Waals surface area (Å²) in [4.78, 5) is 2.56. The Morgan fingerprint density at radius 2 is 2.00 bits per heavy atom. The van der Waals surface area contributed by atoms with Crippen molar-refractivity contribution in [3.8, 4) is 0 Å². The van der Waals surface area contributed by atoms with Gasteiger partial charge in [-0.2, -0.15) is 0 Å². The second kappa shape index (κ2) is 2.95. The van der Waals surface area contributed by atoms with Crippen LogP contribution in [0.4, 0.5) is 0 Å². The molecule has 3 heterocycles. The van der Waals surface area contributed by atoms with Crippen molar-refractivity contribution in [1.82, 2.24) is 4.90 Å². The van der Waals surface area contributed by atoms with Gasteiger partial charge in [0.1, 0.15) is 0 Å². The fraction of sp³-hybridized carbons (Fsp3) is 1.00. The van der Waals surface area contributed by atoms with Crippen molar-refractivity contribution in [1.29, 1.82) is 0 Å². The Kier molecular flexibility index (Phi) is 2.11. The second-order valence-corrected chi connectivity index (χ2v) is 4.67. The van der Waals surface area contributed by atoms with E-state index in [1.54, 1.807) is 0 Å². The van der Waals surface area contributed by atoms with Crippen LogP contribution in [0.5, 0.6) is 0 Å². The van der Waals surface area contributed by atoms with E-state index in [1.165, 1.54) is 32.5 Å². The minimum Gasteiger partial charge on any atom is -0.303 e. The molecule has 0 radical (unpaired) electrons. The molecule has 3 rings (SSSR count). The van der Waals surface area contributed by atoms with Crippen LogP contribution in [0.3, 0.4) is 0 Å². The maximum absolute atomic E-state index is 6.12. The molecule has 0 spiro atoms. The molecule has 0 amide bonds. The topological polar surface area (TPSA) is 3.24 Å². The minimum atomic E-state index is 0.378. The third kappa shape index (κ3) is 1.41. The van der Waals surface area contributed by atoms with Gasteiger partial charge in [0, 0.05) is 11.9 Å². The zero-order valence-electron chi connectivity index (χ0n) is 7.09. The van der Waals surface area contributed by atoms with Crippen LogP contribution in [0, 0.1) is 11.8 Å². The standard InChI is InChI=1S/C9H16ClN/c1-7(10)9-6-11-4-2-8(9)3-5-11/h7-9H,2-6H2,1H3. The molecule has 1 nitrogen and oxygen atoms in total. The average Bonchev–Trinajstić information content (AvgIpc) is 2.06. The number of alkyl halides is 1. The number of piperidine rings is 3. The molecule has 2 unspecified atom stereocenters. The summed E-state index contributed by atoms with van der Waals surface area (Å²) in [5, 5.41) is 0.378. The van der Waals surface area contributed by atoms with Crippen LogP contribution in [0.25, 0.3) is 0 Å². The Balaban J connectivity index is 2.03. The van der Waals surface area contributed by atoms with Crippen LogP contribution < -0.4 is 0 Å². The van der Waals surface area contributed by atoms with Crippen LogP contribution in [-0.2, 0) is 0 Å². The summed E-state index contributed by atoms with van der Waals surface area (Å²) in [5.41, 5.74) is 0. The second-order valence-electron chi connectivity index (χ2n) is 3.98. The Morgan fingerprint density at radius 3 is 2.27 bits per heavy atom. The zero-order valence-corrected chi connectivity index (χ0v) is 7.85. The van der Waals surface area contributed by atoms with Crippen LogP contribution in [0.2, 0.25) is 0 Å². The lowest BCUT2D eigenvalue weighted by Crippen LogP contribution is -2.49. The molecule has 64 valence electrons. The van der Waals surface area contributed by atoms with Crippen molar-refractivity contribution in [3.63, 3.8) is 0 Å². The molecule has 11 heavy (non-hydrogen) atoms. The molecule has 2 bridgehead atoms. The molecule has 0 saturated carbocycles. The van der Waals surface area contributed by atoms with E-state index in [2.05, 4.69) is 11.8 Å². The van der Waals surface area contributed by atoms with Crippen molar-refractivity contribution < 1.29 is 0 Å². The van der Waals surface area contributed by atoms with Gasteiger partial charge < -0.3 is 4.90 Å². The lowest BCUT2D eigenvalue weighted by molar-refractivity contribution is 0.0511. The van der Waals surface area contributed by atoms with Crippen molar-refractivity contribution >= 4 is 11.6 Å². The first-order valence-electron chi connectivity index (χ1n) is 4.64. The Morgan fingerprint density at radius 1 is 1.36 bits per heavy atom. The molecule has 2 atom stereocenters. The van der Waals surface area contributed by atoms with Gasteiger partial charge >= 0.3 is 0 Å². The Labute approximate surface area is 73.7 Å². The molecule has 3 fully saturated rings. The number of rotatable bonds is 1. The maximum Gasteiger partial charge on any atom is 0.0350 e. The van der Waals surface area contributed by atoms with Crippen molar-refractivity contribution in [2.75, 3.05) is 19.6 Å². The highest BCUT2D eigenvalue weighted by molar-refractivity contribution is 6.20. The molecule has 0 aliphatic carbocycles. The van der Waals surface area contributed by atoms with Gasteiger partial charge in [-0.05, 0) is 44.7 Å². The quantitative estimate of drug-likeness (QED) is 0.548. The van der Waals surface area contributed by atoms with Gasteiger partial charge in [0.15, 0.2) is 0 Å². The van der Waals surface area contributed by atoms with Gasteiger partial charge in [0.05, 0.1) is 0 Å². The minimum absolute atomic E-state index is 0.378. The number of fused-ring (bicyclic) bond motifs is 3. The predicted molar refractivity (Wildman–Crippen MR) is 48.0 cm³/mol. The molecule has 3 aliphatic heterocycles. The van der Waals surface area contributed by atoms with Gasteiger partial charge in [-0.15, -0.1) is 11.6 Å². The molecule has 3 aliphatic rings. The van der Waals surface area contributed by atoms with E-state index in [1.807, 2.05) is 0 Å². The maximum atomic E-state index is 6.12. The summed E-state index contributed by atoms with van der Waals surface area (Å²) < 4.78 is 0. The average molecular weight is 174 g/mol. The fourth-order valence-electron chi connectivity index (χ4n) is 2.53. The Hall–Kier alpha value is 0.250. The first-order chi connectivity index (χ1) is 5.27. The fourth-order valence-corrected chi connectivity index (χ4v) is 2.82. The van der Waals surface area contributed by atoms with Gasteiger partial charge in [0.2, 0.25) is 0 Å². The molecule has 0 aromatic rings.